The maximum atomic E-state index is 12.3. The molecule has 0 spiro atoms. The molecule has 1 aromatic heterocycles. The molecule has 0 bridgehead atoms. The minimum atomic E-state index is -0.410. The minimum absolute atomic E-state index is 0.00916. The molecule has 2 rings (SSSR count). The maximum absolute atomic E-state index is 12.3. The molecule has 0 unspecified atom stereocenters. The minimum Gasteiger partial charge on any atom is -0.365 e. The van der Waals surface area contributed by atoms with Crippen LogP contribution in [0.1, 0.15) is 105 Å². The Labute approximate surface area is 161 Å². The van der Waals surface area contributed by atoms with Crippen LogP contribution in [0.15, 0.2) is 0 Å². The Morgan fingerprint density at radius 3 is 2.31 bits per heavy atom. The molecular weight excluding hydrogens is 344 g/mol. The van der Waals surface area contributed by atoms with Crippen molar-refractivity contribution in [1.82, 2.24) is 0 Å². The van der Waals surface area contributed by atoms with Crippen LogP contribution in [0.5, 0.6) is 0 Å². The van der Waals surface area contributed by atoms with E-state index in [1.165, 1.54) is 49.8 Å². The van der Waals surface area contributed by atoms with Gasteiger partial charge in [0.15, 0.2) is 0 Å². The fraction of sp³-hybridized carbons (Fsp3) is 0.714. The Bertz CT molecular complexity index is 595. The molecule has 3 N–H and O–H groups in total. The van der Waals surface area contributed by atoms with Crippen molar-refractivity contribution in [3.8, 4) is 0 Å². The number of aryl methyl sites for hydroxylation is 1. The molecule has 0 fully saturated rings. The van der Waals surface area contributed by atoms with Crippen molar-refractivity contribution in [3.63, 3.8) is 0 Å². The van der Waals surface area contributed by atoms with E-state index in [9.17, 15) is 9.59 Å². The number of hydrogen-bond acceptors (Lipinski definition) is 3. The third-order valence-electron chi connectivity index (χ3n) is 5.18. The number of unbranched alkanes of at least 4 members (excludes halogenated alkanes) is 7. The number of fused-ring (bicyclic) bond motifs is 1. The summed E-state index contributed by atoms with van der Waals surface area (Å²) < 4.78 is 0. The highest BCUT2D eigenvalue weighted by Crippen LogP contribution is 2.37. The Kier molecular flexibility index (Phi) is 9.16. The van der Waals surface area contributed by atoms with Crippen LogP contribution in [0.2, 0.25) is 0 Å². The summed E-state index contributed by atoms with van der Waals surface area (Å²) in [6, 6.07) is 0. The lowest BCUT2D eigenvalue weighted by Gasteiger charge is -2.06. The zero-order valence-corrected chi connectivity index (χ0v) is 17.0. The molecule has 0 aliphatic heterocycles. The van der Waals surface area contributed by atoms with E-state index in [4.69, 9.17) is 5.73 Å². The third-order valence-corrected chi connectivity index (χ3v) is 6.39. The lowest BCUT2D eigenvalue weighted by molar-refractivity contribution is -0.116. The molecule has 0 saturated heterocycles. The largest absolute Gasteiger partial charge is 0.365 e. The summed E-state index contributed by atoms with van der Waals surface area (Å²) in [6.45, 7) is 2.23. The second-order valence-electron chi connectivity index (χ2n) is 7.41. The maximum Gasteiger partial charge on any atom is 0.251 e. The average molecular weight is 379 g/mol. The zero-order valence-electron chi connectivity index (χ0n) is 16.2. The molecule has 0 saturated carbocycles. The standard InChI is InChI=1S/C21H34N2O2S/c1-2-3-4-5-6-7-8-12-15-18(24)23-21-19(20(22)25)16-13-10-9-11-14-17(16)26-21/h2-15H2,1H3,(H2,22,25)(H,23,24). The second-order valence-corrected chi connectivity index (χ2v) is 8.51. The molecule has 2 amide bonds. The second kappa shape index (κ2) is 11.4. The summed E-state index contributed by atoms with van der Waals surface area (Å²) in [4.78, 5) is 25.5. The molecule has 1 aromatic rings. The number of carbonyl (C=O) groups is 2. The Hall–Kier alpha value is -1.36. The predicted molar refractivity (Wildman–Crippen MR) is 110 cm³/mol. The van der Waals surface area contributed by atoms with Crippen molar-refractivity contribution in [1.29, 1.82) is 0 Å². The van der Waals surface area contributed by atoms with Crippen LogP contribution in [0.3, 0.4) is 0 Å². The van der Waals surface area contributed by atoms with Gasteiger partial charge in [0.2, 0.25) is 5.91 Å². The molecule has 1 aliphatic carbocycles. The highest BCUT2D eigenvalue weighted by atomic mass is 32.1. The lowest BCUT2D eigenvalue weighted by atomic mass is 10.0. The van der Waals surface area contributed by atoms with Crippen molar-refractivity contribution in [2.45, 2.75) is 96.8 Å². The van der Waals surface area contributed by atoms with Gasteiger partial charge in [0.1, 0.15) is 5.00 Å². The molecule has 26 heavy (non-hydrogen) atoms. The van der Waals surface area contributed by atoms with Gasteiger partial charge in [-0.2, -0.15) is 0 Å². The zero-order chi connectivity index (χ0) is 18.8. The molecule has 5 heteroatoms. The molecule has 146 valence electrons. The molecule has 4 nitrogen and oxygen atoms in total. The van der Waals surface area contributed by atoms with Crippen molar-refractivity contribution in [3.05, 3.63) is 16.0 Å². The van der Waals surface area contributed by atoms with Crippen LogP contribution < -0.4 is 11.1 Å². The van der Waals surface area contributed by atoms with E-state index in [0.717, 1.165) is 44.1 Å². The third kappa shape index (κ3) is 6.42. The van der Waals surface area contributed by atoms with E-state index >= 15 is 0 Å². The molecule has 0 aromatic carbocycles. The highest BCUT2D eigenvalue weighted by molar-refractivity contribution is 7.17. The van der Waals surface area contributed by atoms with Crippen molar-refractivity contribution in [2.75, 3.05) is 5.32 Å². The number of rotatable bonds is 11. The number of thiophene rings is 1. The van der Waals surface area contributed by atoms with Gasteiger partial charge in [0.05, 0.1) is 5.56 Å². The van der Waals surface area contributed by atoms with E-state index in [1.54, 1.807) is 11.3 Å². The Balaban J connectivity index is 1.79. The van der Waals surface area contributed by atoms with Gasteiger partial charge in [-0.15, -0.1) is 11.3 Å². The Morgan fingerprint density at radius 1 is 0.962 bits per heavy atom. The fourth-order valence-electron chi connectivity index (χ4n) is 3.70. The number of carbonyl (C=O) groups excluding carboxylic acids is 2. The number of anilines is 1. The summed E-state index contributed by atoms with van der Waals surface area (Å²) in [5.74, 6) is -0.401. The molecule has 0 atom stereocenters. The van der Waals surface area contributed by atoms with E-state index in [2.05, 4.69) is 12.2 Å². The number of hydrogen-bond donors (Lipinski definition) is 2. The van der Waals surface area contributed by atoms with Crippen LogP contribution in [0.4, 0.5) is 5.00 Å². The van der Waals surface area contributed by atoms with Crippen LogP contribution in [-0.4, -0.2) is 11.8 Å². The Morgan fingerprint density at radius 2 is 1.62 bits per heavy atom. The van der Waals surface area contributed by atoms with Gasteiger partial charge in [-0.1, -0.05) is 58.3 Å². The number of nitrogens with two attached hydrogens (primary N) is 1. The quantitative estimate of drug-likeness (QED) is 0.389. The lowest BCUT2D eigenvalue weighted by Crippen LogP contribution is -2.17. The summed E-state index contributed by atoms with van der Waals surface area (Å²) in [5, 5.41) is 3.64. The van der Waals surface area contributed by atoms with Crippen LogP contribution >= 0.6 is 11.3 Å². The summed E-state index contributed by atoms with van der Waals surface area (Å²) in [7, 11) is 0. The monoisotopic (exact) mass is 378 g/mol. The van der Waals surface area contributed by atoms with Gasteiger partial charge < -0.3 is 11.1 Å². The van der Waals surface area contributed by atoms with E-state index < -0.39 is 5.91 Å². The van der Waals surface area contributed by atoms with E-state index in [-0.39, 0.29) is 5.91 Å². The molecular formula is C21H34N2O2S. The first-order chi connectivity index (χ1) is 12.6. The van der Waals surface area contributed by atoms with Gasteiger partial charge in [-0.25, -0.2) is 0 Å². The fourth-order valence-corrected chi connectivity index (χ4v) is 5.01. The van der Waals surface area contributed by atoms with Gasteiger partial charge in [0, 0.05) is 11.3 Å². The molecule has 1 aliphatic rings. The summed E-state index contributed by atoms with van der Waals surface area (Å²) >= 11 is 1.55. The molecule has 1 heterocycles. The first kappa shape index (κ1) is 20.9. The van der Waals surface area contributed by atoms with Crippen LogP contribution in [-0.2, 0) is 17.6 Å². The summed E-state index contributed by atoms with van der Waals surface area (Å²) in [5.41, 5.74) is 7.27. The van der Waals surface area contributed by atoms with Crippen LogP contribution in [0.25, 0.3) is 0 Å². The topological polar surface area (TPSA) is 72.2 Å². The van der Waals surface area contributed by atoms with Crippen molar-refractivity contribution in [2.24, 2.45) is 5.73 Å². The SMILES string of the molecule is CCCCCCCCCCC(=O)Nc1sc2c(c1C(N)=O)CCCCC2. The first-order valence-corrected chi connectivity index (χ1v) is 11.2. The van der Waals surface area contributed by atoms with Crippen molar-refractivity contribution >= 4 is 28.2 Å². The van der Waals surface area contributed by atoms with E-state index in [1.807, 2.05) is 0 Å². The predicted octanol–water partition coefficient (Wildman–Crippen LogP) is 5.59. The van der Waals surface area contributed by atoms with Crippen LogP contribution in [0, 0.1) is 0 Å². The number of amides is 2. The van der Waals surface area contributed by atoms with Gasteiger partial charge in [-0.05, 0) is 37.7 Å². The van der Waals surface area contributed by atoms with Crippen molar-refractivity contribution < 1.29 is 9.59 Å². The number of primary amides is 1. The van der Waals surface area contributed by atoms with Gasteiger partial charge in [-0.3, -0.25) is 9.59 Å². The van der Waals surface area contributed by atoms with Gasteiger partial charge in [0.25, 0.3) is 5.91 Å². The first-order valence-electron chi connectivity index (χ1n) is 10.4. The van der Waals surface area contributed by atoms with Gasteiger partial charge >= 0.3 is 0 Å². The normalized spacial score (nSPS) is 13.9. The van der Waals surface area contributed by atoms with E-state index in [0.29, 0.717) is 17.0 Å². The average Bonchev–Trinajstić information content (AvgIpc) is 2.78. The number of nitrogens with one attached hydrogen (secondary N) is 1. The highest BCUT2D eigenvalue weighted by Gasteiger charge is 2.24. The smallest absolute Gasteiger partial charge is 0.251 e. The summed E-state index contributed by atoms with van der Waals surface area (Å²) in [6.07, 6.45) is 15.6. The molecule has 0 radical (unpaired) electrons.